The Labute approximate surface area is 113 Å². The standard InChI is InChI=1S/C14H21N3O2/c1-9-5-4-6-12(14(15)16-18)13(9)17-7-10(2)19-11(3)8-17/h4-6,10-11,18H,7-8H2,1-3H3,(H2,15,16). The van der Waals surface area contributed by atoms with Gasteiger partial charge in [-0.25, -0.2) is 0 Å². The van der Waals surface area contributed by atoms with Crippen molar-refractivity contribution in [2.45, 2.75) is 33.0 Å². The third-order valence-electron chi connectivity index (χ3n) is 3.36. The van der Waals surface area contributed by atoms with Crippen molar-refractivity contribution in [1.29, 1.82) is 0 Å². The van der Waals surface area contributed by atoms with Crippen LogP contribution in [0.3, 0.4) is 0 Å². The van der Waals surface area contributed by atoms with E-state index >= 15 is 0 Å². The van der Waals surface area contributed by atoms with Crippen LogP contribution in [0, 0.1) is 6.92 Å². The molecule has 0 saturated carbocycles. The highest BCUT2D eigenvalue weighted by Gasteiger charge is 2.25. The zero-order valence-electron chi connectivity index (χ0n) is 11.6. The number of hydrogen-bond donors (Lipinski definition) is 2. The first-order valence-electron chi connectivity index (χ1n) is 6.50. The van der Waals surface area contributed by atoms with Gasteiger partial charge in [-0.15, -0.1) is 0 Å². The Morgan fingerprint density at radius 3 is 2.58 bits per heavy atom. The SMILES string of the molecule is Cc1cccc(/C(N)=N/O)c1N1CC(C)OC(C)C1. The minimum absolute atomic E-state index is 0.144. The highest BCUT2D eigenvalue weighted by Crippen LogP contribution is 2.28. The maximum absolute atomic E-state index is 8.93. The number of anilines is 1. The molecule has 1 heterocycles. The quantitative estimate of drug-likeness (QED) is 0.369. The molecule has 0 aliphatic carbocycles. The molecule has 1 aromatic rings. The van der Waals surface area contributed by atoms with Crippen molar-refractivity contribution in [1.82, 2.24) is 0 Å². The van der Waals surface area contributed by atoms with Crippen molar-refractivity contribution in [3.05, 3.63) is 29.3 Å². The van der Waals surface area contributed by atoms with Crippen LogP contribution in [0.1, 0.15) is 25.0 Å². The van der Waals surface area contributed by atoms with Gasteiger partial charge < -0.3 is 20.6 Å². The largest absolute Gasteiger partial charge is 0.409 e. The van der Waals surface area contributed by atoms with Crippen LogP contribution in [0.5, 0.6) is 0 Å². The molecule has 19 heavy (non-hydrogen) atoms. The number of benzene rings is 1. The molecule has 0 amide bonds. The predicted octanol–water partition coefficient (Wildman–Crippen LogP) is 1.70. The Hall–Kier alpha value is -1.75. The topological polar surface area (TPSA) is 71.1 Å². The molecule has 1 aliphatic rings. The zero-order valence-corrected chi connectivity index (χ0v) is 11.6. The molecule has 5 heteroatoms. The van der Waals surface area contributed by atoms with E-state index in [0.29, 0.717) is 0 Å². The molecule has 1 aromatic carbocycles. The van der Waals surface area contributed by atoms with E-state index in [1.54, 1.807) is 0 Å². The molecule has 1 saturated heterocycles. The van der Waals surface area contributed by atoms with Gasteiger partial charge in [0.2, 0.25) is 0 Å². The number of rotatable bonds is 2. The summed E-state index contributed by atoms with van der Waals surface area (Å²) in [6.07, 6.45) is 0.340. The summed E-state index contributed by atoms with van der Waals surface area (Å²) in [7, 11) is 0. The number of aryl methyl sites for hydroxylation is 1. The smallest absolute Gasteiger partial charge is 0.172 e. The summed E-state index contributed by atoms with van der Waals surface area (Å²) < 4.78 is 5.75. The van der Waals surface area contributed by atoms with Crippen LogP contribution in [-0.2, 0) is 4.74 Å². The van der Waals surface area contributed by atoms with Crippen molar-refractivity contribution < 1.29 is 9.94 Å². The Kier molecular flexibility index (Phi) is 3.95. The van der Waals surface area contributed by atoms with Crippen LogP contribution < -0.4 is 10.6 Å². The van der Waals surface area contributed by atoms with E-state index in [1.807, 2.05) is 25.1 Å². The molecule has 0 radical (unpaired) electrons. The average molecular weight is 263 g/mol. The minimum atomic E-state index is 0.144. The van der Waals surface area contributed by atoms with Gasteiger partial charge in [0.1, 0.15) is 0 Å². The first-order chi connectivity index (χ1) is 9.02. The summed E-state index contributed by atoms with van der Waals surface area (Å²) in [5.41, 5.74) is 8.69. The highest BCUT2D eigenvalue weighted by molar-refractivity contribution is 6.02. The Morgan fingerprint density at radius 2 is 2.00 bits per heavy atom. The van der Waals surface area contributed by atoms with Gasteiger partial charge in [-0.2, -0.15) is 0 Å². The second-order valence-corrected chi connectivity index (χ2v) is 5.12. The third kappa shape index (κ3) is 2.81. The van der Waals surface area contributed by atoms with E-state index in [-0.39, 0.29) is 18.0 Å². The average Bonchev–Trinajstić information content (AvgIpc) is 2.36. The van der Waals surface area contributed by atoms with Gasteiger partial charge in [0, 0.05) is 18.7 Å². The van der Waals surface area contributed by atoms with Crippen LogP contribution >= 0.6 is 0 Å². The molecular weight excluding hydrogens is 242 g/mol. The van der Waals surface area contributed by atoms with Crippen molar-refractivity contribution in [3.8, 4) is 0 Å². The number of oxime groups is 1. The van der Waals surface area contributed by atoms with E-state index in [0.717, 1.165) is 29.9 Å². The second-order valence-electron chi connectivity index (χ2n) is 5.12. The molecule has 2 atom stereocenters. The molecule has 1 aliphatic heterocycles. The first-order valence-corrected chi connectivity index (χ1v) is 6.50. The van der Waals surface area contributed by atoms with Crippen LogP contribution in [0.25, 0.3) is 0 Å². The van der Waals surface area contributed by atoms with Crippen molar-refractivity contribution in [2.24, 2.45) is 10.9 Å². The summed E-state index contributed by atoms with van der Waals surface area (Å²) in [6.45, 7) is 7.77. The first kappa shape index (κ1) is 13.7. The van der Waals surface area contributed by atoms with Crippen LogP contribution in [-0.4, -0.2) is 36.3 Å². The number of ether oxygens (including phenoxy) is 1. The zero-order chi connectivity index (χ0) is 14.0. The van der Waals surface area contributed by atoms with E-state index in [9.17, 15) is 0 Å². The fraction of sp³-hybridized carbons (Fsp3) is 0.500. The van der Waals surface area contributed by atoms with E-state index < -0.39 is 0 Å². The Balaban J connectivity index is 2.43. The van der Waals surface area contributed by atoms with Crippen LogP contribution in [0.2, 0.25) is 0 Å². The van der Waals surface area contributed by atoms with Gasteiger partial charge in [0.05, 0.1) is 17.9 Å². The number of nitrogens with two attached hydrogens (primary N) is 1. The predicted molar refractivity (Wildman–Crippen MR) is 75.9 cm³/mol. The Morgan fingerprint density at radius 1 is 1.37 bits per heavy atom. The summed E-state index contributed by atoms with van der Waals surface area (Å²) in [5.74, 6) is 0.144. The lowest BCUT2D eigenvalue weighted by molar-refractivity contribution is -0.00525. The lowest BCUT2D eigenvalue weighted by atomic mass is 10.0. The minimum Gasteiger partial charge on any atom is -0.409 e. The monoisotopic (exact) mass is 263 g/mol. The number of hydrogen-bond acceptors (Lipinski definition) is 4. The van der Waals surface area contributed by atoms with Crippen molar-refractivity contribution in [3.63, 3.8) is 0 Å². The van der Waals surface area contributed by atoms with Crippen LogP contribution in [0.4, 0.5) is 5.69 Å². The van der Waals surface area contributed by atoms with Crippen molar-refractivity contribution in [2.75, 3.05) is 18.0 Å². The van der Waals surface area contributed by atoms with E-state index in [2.05, 4.69) is 23.9 Å². The number of para-hydroxylation sites is 1. The maximum Gasteiger partial charge on any atom is 0.172 e. The molecule has 0 aromatic heterocycles. The summed E-state index contributed by atoms with van der Waals surface area (Å²) in [6, 6.07) is 5.83. The summed E-state index contributed by atoms with van der Waals surface area (Å²) >= 11 is 0. The van der Waals surface area contributed by atoms with Gasteiger partial charge in [-0.3, -0.25) is 0 Å². The maximum atomic E-state index is 8.93. The van der Waals surface area contributed by atoms with Gasteiger partial charge >= 0.3 is 0 Å². The number of amidine groups is 1. The fourth-order valence-corrected chi connectivity index (χ4v) is 2.70. The molecule has 0 bridgehead atoms. The molecule has 5 nitrogen and oxygen atoms in total. The molecule has 0 spiro atoms. The van der Waals surface area contributed by atoms with Gasteiger partial charge in [-0.1, -0.05) is 17.3 Å². The third-order valence-corrected chi connectivity index (χ3v) is 3.36. The molecule has 2 rings (SSSR count). The number of nitrogens with zero attached hydrogens (tertiary/aromatic N) is 2. The molecular formula is C14H21N3O2. The van der Waals surface area contributed by atoms with Gasteiger partial charge in [0.25, 0.3) is 0 Å². The molecule has 104 valence electrons. The summed E-state index contributed by atoms with van der Waals surface area (Å²) in [5, 5.41) is 12.1. The lowest BCUT2D eigenvalue weighted by Crippen LogP contribution is -2.46. The highest BCUT2D eigenvalue weighted by atomic mass is 16.5. The normalized spacial score (nSPS) is 24.6. The van der Waals surface area contributed by atoms with Gasteiger partial charge in [0.15, 0.2) is 5.84 Å². The second kappa shape index (κ2) is 5.48. The lowest BCUT2D eigenvalue weighted by Gasteiger charge is -2.38. The molecule has 3 N–H and O–H groups in total. The number of morpholine rings is 1. The van der Waals surface area contributed by atoms with E-state index in [4.69, 9.17) is 15.7 Å². The Bertz CT molecular complexity index is 478. The molecule has 1 fully saturated rings. The van der Waals surface area contributed by atoms with Crippen LogP contribution in [0.15, 0.2) is 23.4 Å². The fourth-order valence-electron chi connectivity index (χ4n) is 2.70. The van der Waals surface area contributed by atoms with E-state index in [1.165, 1.54) is 0 Å². The molecule has 2 unspecified atom stereocenters. The van der Waals surface area contributed by atoms with Crippen molar-refractivity contribution >= 4 is 11.5 Å². The summed E-state index contributed by atoms with van der Waals surface area (Å²) in [4.78, 5) is 2.25. The van der Waals surface area contributed by atoms with Gasteiger partial charge in [-0.05, 0) is 32.4 Å².